The van der Waals surface area contributed by atoms with Crippen molar-refractivity contribution in [1.29, 1.82) is 0 Å². The number of pyridine rings is 1. The predicted molar refractivity (Wildman–Crippen MR) is 126 cm³/mol. The van der Waals surface area contributed by atoms with Crippen molar-refractivity contribution in [3.05, 3.63) is 75.8 Å². The Morgan fingerprint density at radius 3 is 2.82 bits per heavy atom. The van der Waals surface area contributed by atoms with Crippen molar-refractivity contribution >= 4 is 28.2 Å². The van der Waals surface area contributed by atoms with E-state index in [2.05, 4.69) is 20.1 Å². The average molecular weight is 477 g/mol. The fraction of sp³-hybridized carbons (Fsp3) is 0.292. The third-order valence-corrected chi connectivity index (χ3v) is 6.39. The van der Waals surface area contributed by atoms with Crippen LogP contribution in [-0.4, -0.2) is 34.7 Å². The van der Waals surface area contributed by atoms with Crippen molar-refractivity contribution in [2.24, 2.45) is 0 Å². The fourth-order valence-electron chi connectivity index (χ4n) is 4.48. The van der Waals surface area contributed by atoms with Crippen molar-refractivity contribution in [2.75, 3.05) is 0 Å². The zero-order chi connectivity index (χ0) is 23.4. The Bertz CT molecular complexity index is 1590. The quantitative estimate of drug-likeness (QED) is 0.378. The van der Waals surface area contributed by atoms with Crippen LogP contribution in [0.4, 0.5) is 0 Å². The lowest BCUT2D eigenvalue weighted by Gasteiger charge is -2.17. The van der Waals surface area contributed by atoms with Crippen molar-refractivity contribution < 1.29 is 9.26 Å². The first kappa shape index (κ1) is 21.0. The van der Waals surface area contributed by atoms with Crippen LogP contribution in [0.2, 0.25) is 5.02 Å². The highest BCUT2D eigenvalue weighted by Crippen LogP contribution is 2.38. The van der Waals surface area contributed by atoms with E-state index in [1.807, 2.05) is 38.1 Å². The Labute approximate surface area is 199 Å². The molecule has 1 saturated heterocycles. The highest BCUT2D eigenvalue weighted by atomic mass is 35.5. The lowest BCUT2D eigenvalue weighted by atomic mass is 10.1. The van der Waals surface area contributed by atoms with Crippen molar-refractivity contribution in [3.8, 4) is 11.6 Å². The first-order valence-corrected chi connectivity index (χ1v) is 11.4. The van der Waals surface area contributed by atoms with Gasteiger partial charge in [-0.1, -0.05) is 22.8 Å². The van der Waals surface area contributed by atoms with E-state index in [1.165, 1.54) is 0 Å². The van der Waals surface area contributed by atoms with Crippen LogP contribution in [0.3, 0.4) is 0 Å². The number of imidazole rings is 1. The SMILES string of the molecule is CC1(C)CCC(c2noc(-c3ncn4c3c(=O)n(Cc3ccccn3)c3cc(Cl)ccc34)n2)O1. The molecule has 0 N–H and O–H groups in total. The summed E-state index contributed by atoms with van der Waals surface area (Å²) >= 11 is 6.28. The molecule has 1 fully saturated rings. The van der Waals surface area contributed by atoms with Crippen LogP contribution in [0, 0.1) is 0 Å². The van der Waals surface area contributed by atoms with Gasteiger partial charge >= 0.3 is 0 Å². The molecule has 0 bridgehead atoms. The number of halogens is 1. The molecule has 6 rings (SSSR count). The number of aromatic nitrogens is 6. The number of benzene rings is 1. The summed E-state index contributed by atoms with van der Waals surface area (Å²) in [6.45, 7) is 4.36. The second kappa shape index (κ2) is 7.75. The smallest absolute Gasteiger partial charge is 0.279 e. The van der Waals surface area contributed by atoms with E-state index in [4.69, 9.17) is 20.9 Å². The van der Waals surface area contributed by atoms with E-state index < -0.39 is 0 Å². The summed E-state index contributed by atoms with van der Waals surface area (Å²) in [4.78, 5) is 27.2. The molecule has 0 radical (unpaired) electrons. The maximum Gasteiger partial charge on any atom is 0.279 e. The van der Waals surface area contributed by atoms with Gasteiger partial charge in [-0.05, 0) is 57.0 Å². The lowest BCUT2D eigenvalue weighted by molar-refractivity contribution is -0.0207. The van der Waals surface area contributed by atoms with Gasteiger partial charge in [0.2, 0.25) is 5.82 Å². The van der Waals surface area contributed by atoms with Gasteiger partial charge in [-0.25, -0.2) is 4.98 Å². The summed E-state index contributed by atoms with van der Waals surface area (Å²) in [5, 5.41) is 4.65. The normalized spacial score (nSPS) is 17.7. The van der Waals surface area contributed by atoms with E-state index in [-0.39, 0.29) is 29.7 Å². The molecule has 1 unspecified atom stereocenters. The summed E-state index contributed by atoms with van der Waals surface area (Å²) < 4.78 is 15.0. The Morgan fingerprint density at radius 2 is 2.06 bits per heavy atom. The van der Waals surface area contributed by atoms with Gasteiger partial charge in [-0.3, -0.25) is 18.7 Å². The number of hydrogen-bond donors (Lipinski definition) is 0. The maximum absolute atomic E-state index is 13.8. The van der Waals surface area contributed by atoms with Crippen LogP contribution < -0.4 is 5.56 Å². The van der Waals surface area contributed by atoms with Crippen molar-refractivity contribution in [1.82, 2.24) is 29.1 Å². The minimum atomic E-state index is -0.258. The Balaban J connectivity index is 1.52. The number of ether oxygens (including phenoxy) is 1. The van der Waals surface area contributed by atoms with Gasteiger partial charge in [0.05, 0.1) is 28.9 Å². The number of fused-ring (bicyclic) bond motifs is 3. The van der Waals surface area contributed by atoms with Crippen LogP contribution >= 0.6 is 11.6 Å². The molecular weight excluding hydrogens is 456 g/mol. The monoisotopic (exact) mass is 476 g/mol. The van der Waals surface area contributed by atoms with Gasteiger partial charge in [0, 0.05) is 11.2 Å². The molecule has 1 aromatic carbocycles. The number of nitrogens with zero attached hydrogens (tertiary/aromatic N) is 6. The topological polar surface area (TPSA) is 100 Å². The van der Waals surface area contributed by atoms with Crippen LogP contribution in [0.25, 0.3) is 28.1 Å². The molecule has 34 heavy (non-hydrogen) atoms. The van der Waals surface area contributed by atoms with Gasteiger partial charge in [0.25, 0.3) is 11.4 Å². The van der Waals surface area contributed by atoms with Gasteiger partial charge in [-0.2, -0.15) is 4.98 Å². The van der Waals surface area contributed by atoms with Crippen LogP contribution in [0.1, 0.15) is 44.3 Å². The minimum absolute atomic E-state index is 0.181. The van der Waals surface area contributed by atoms with E-state index in [9.17, 15) is 4.79 Å². The first-order valence-electron chi connectivity index (χ1n) is 11.0. The molecule has 0 amide bonds. The summed E-state index contributed by atoms with van der Waals surface area (Å²) in [5.41, 5.74) is 2.37. The molecule has 1 aliphatic rings. The first-order chi connectivity index (χ1) is 16.4. The molecule has 1 aliphatic heterocycles. The summed E-state index contributed by atoms with van der Waals surface area (Å²) in [6.07, 6.45) is 4.75. The zero-order valence-electron chi connectivity index (χ0n) is 18.6. The van der Waals surface area contributed by atoms with Gasteiger partial charge in [-0.15, -0.1) is 0 Å². The number of hydrogen-bond acceptors (Lipinski definition) is 7. The molecule has 10 heteroatoms. The van der Waals surface area contributed by atoms with Crippen molar-refractivity contribution in [3.63, 3.8) is 0 Å². The molecular formula is C24H21ClN6O3. The Kier molecular flexibility index (Phi) is 4.79. The fourth-order valence-corrected chi connectivity index (χ4v) is 4.65. The molecule has 172 valence electrons. The van der Waals surface area contributed by atoms with E-state index in [0.717, 1.165) is 24.1 Å². The van der Waals surface area contributed by atoms with Crippen molar-refractivity contribution in [2.45, 2.75) is 44.9 Å². The standard InChI is InChI=1S/C24H21ClN6O3/c1-24(2)9-8-18(33-24)21-28-22(34-29-21)19-20-23(32)30(12-15-5-3-4-10-26-15)17-11-14(25)6-7-16(17)31(20)13-27-19/h3-7,10-11,13,18H,8-9,12H2,1-2H3. The van der Waals surface area contributed by atoms with E-state index >= 15 is 0 Å². The largest absolute Gasteiger partial charge is 0.364 e. The lowest BCUT2D eigenvalue weighted by Crippen LogP contribution is -2.24. The summed E-state index contributed by atoms with van der Waals surface area (Å²) in [6, 6.07) is 11.0. The molecule has 5 aromatic rings. The molecule has 4 aromatic heterocycles. The Morgan fingerprint density at radius 1 is 1.18 bits per heavy atom. The maximum atomic E-state index is 13.8. The minimum Gasteiger partial charge on any atom is -0.364 e. The molecule has 5 heterocycles. The van der Waals surface area contributed by atoms with Crippen LogP contribution in [0.5, 0.6) is 0 Å². The van der Waals surface area contributed by atoms with Gasteiger partial charge < -0.3 is 9.26 Å². The second-order valence-electron chi connectivity index (χ2n) is 9.02. The third kappa shape index (κ3) is 3.48. The van der Waals surface area contributed by atoms with Crippen LogP contribution in [-0.2, 0) is 11.3 Å². The molecule has 0 aliphatic carbocycles. The van der Waals surface area contributed by atoms with Crippen LogP contribution in [0.15, 0.2) is 58.2 Å². The van der Waals surface area contributed by atoms with Gasteiger partial charge in [0.15, 0.2) is 5.69 Å². The number of rotatable bonds is 4. The summed E-state index contributed by atoms with van der Waals surface area (Å²) in [5.74, 6) is 0.642. The third-order valence-electron chi connectivity index (χ3n) is 6.15. The molecule has 0 saturated carbocycles. The van der Waals surface area contributed by atoms with E-state index in [1.54, 1.807) is 33.6 Å². The Hall–Kier alpha value is -3.56. The van der Waals surface area contributed by atoms with E-state index in [0.29, 0.717) is 27.6 Å². The molecule has 1 atom stereocenters. The summed E-state index contributed by atoms with van der Waals surface area (Å²) in [7, 11) is 0. The van der Waals surface area contributed by atoms with Gasteiger partial charge in [0.1, 0.15) is 17.9 Å². The molecule has 0 spiro atoms. The highest BCUT2D eigenvalue weighted by molar-refractivity contribution is 6.31. The zero-order valence-corrected chi connectivity index (χ0v) is 19.4. The molecule has 9 nitrogen and oxygen atoms in total. The predicted octanol–water partition coefficient (Wildman–Crippen LogP) is 4.43. The highest BCUT2D eigenvalue weighted by Gasteiger charge is 2.35. The second-order valence-corrected chi connectivity index (χ2v) is 9.46. The average Bonchev–Trinajstić information content (AvgIpc) is 3.55.